The number of piperazine rings is 1. The average molecular weight is 743 g/mol. The number of hydrogen-bond acceptors (Lipinski definition) is 7. The number of methoxy groups -OCH3 is 1. The SMILES string of the molecule is CCC(C)S(=O)(=O)NC(=O)c1ccc2c(C3CCCCC3)c3n(c2c1)CC(c1c(C(=O)N2CC(C)N(C)C(C)C2)cnn1C)=CC1C=C(OC)C=CC31. The third kappa shape index (κ3) is 6.77. The van der Waals surface area contributed by atoms with Crippen molar-refractivity contribution in [2.75, 3.05) is 27.2 Å². The molecular weight excluding hydrogens is 689 g/mol. The molecule has 1 saturated heterocycles. The van der Waals surface area contributed by atoms with Crippen molar-refractivity contribution in [3.8, 4) is 0 Å². The van der Waals surface area contributed by atoms with Crippen molar-refractivity contribution in [2.45, 2.75) is 102 Å². The molecule has 4 aliphatic rings. The molecule has 1 aromatic carbocycles. The first-order valence-electron chi connectivity index (χ1n) is 19.2. The number of sulfonamides is 1. The van der Waals surface area contributed by atoms with Crippen LogP contribution >= 0.6 is 0 Å². The Morgan fingerprint density at radius 2 is 1.77 bits per heavy atom. The summed E-state index contributed by atoms with van der Waals surface area (Å²) in [6.07, 6.45) is 16.5. The van der Waals surface area contributed by atoms with E-state index >= 15 is 0 Å². The third-order valence-corrected chi connectivity index (χ3v) is 14.3. The van der Waals surface area contributed by atoms with Gasteiger partial charge in [0.25, 0.3) is 11.8 Å². The highest BCUT2D eigenvalue weighted by molar-refractivity contribution is 7.90. The zero-order valence-corrected chi connectivity index (χ0v) is 32.9. The number of fused-ring (bicyclic) bond motifs is 5. The number of benzene rings is 1. The second-order valence-electron chi connectivity index (χ2n) is 15.7. The monoisotopic (exact) mass is 742 g/mol. The molecule has 5 atom stereocenters. The lowest BCUT2D eigenvalue weighted by Crippen LogP contribution is -2.56. The molecule has 11 nitrogen and oxygen atoms in total. The Morgan fingerprint density at radius 3 is 2.45 bits per heavy atom. The number of hydrogen-bond donors (Lipinski definition) is 1. The van der Waals surface area contributed by atoms with Crippen molar-refractivity contribution in [3.63, 3.8) is 0 Å². The van der Waals surface area contributed by atoms with Crippen LogP contribution in [0.5, 0.6) is 0 Å². The van der Waals surface area contributed by atoms with Crippen LogP contribution in [0.2, 0.25) is 0 Å². The fourth-order valence-corrected chi connectivity index (χ4v) is 9.97. The molecule has 0 radical (unpaired) electrons. The van der Waals surface area contributed by atoms with Gasteiger partial charge in [-0.15, -0.1) is 0 Å². The number of aromatic nitrogens is 3. The quantitative estimate of drug-likeness (QED) is 0.286. The lowest BCUT2D eigenvalue weighted by Gasteiger charge is -2.42. The maximum Gasteiger partial charge on any atom is 0.264 e. The van der Waals surface area contributed by atoms with Crippen LogP contribution in [0.4, 0.5) is 0 Å². The molecule has 53 heavy (non-hydrogen) atoms. The Morgan fingerprint density at radius 1 is 1.06 bits per heavy atom. The van der Waals surface area contributed by atoms with Gasteiger partial charge in [0, 0.05) is 72.8 Å². The van der Waals surface area contributed by atoms with Crippen LogP contribution < -0.4 is 4.72 Å². The Bertz CT molecular complexity index is 2110. The zero-order valence-electron chi connectivity index (χ0n) is 32.1. The lowest BCUT2D eigenvalue weighted by atomic mass is 9.77. The maximum absolute atomic E-state index is 14.4. The predicted octanol–water partition coefficient (Wildman–Crippen LogP) is 6.34. The largest absolute Gasteiger partial charge is 0.497 e. The molecule has 7 rings (SSSR count). The highest BCUT2D eigenvalue weighted by Gasteiger charge is 2.38. The smallest absolute Gasteiger partial charge is 0.264 e. The first kappa shape index (κ1) is 37.2. The van der Waals surface area contributed by atoms with Gasteiger partial charge in [0.05, 0.1) is 29.8 Å². The van der Waals surface area contributed by atoms with Gasteiger partial charge in [-0.25, -0.2) is 13.1 Å². The topological polar surface area (TPSA) is 119 Å². The summed E-state index contributed by atoms with van der Waals surface area (Å²) in [6, 6.07) is 6.09. The molecule has 284 valence electrons. The van der Waals surface area contributed by atoms with E-state index in [9.17, 15) is 18.0 Å². The molecule has 2 aliphatic heterocycles. The number of allylic oxidation sites excluding steroid dienone is 5. The minimum Gasteiger partial charge on any atom is -0.497 e. The normalized spacial score (nSPS) is 24.5. The van der Waals surface area contributed by atoms with Gasteiger partial charge in [-0.2, -0.15) is 5.10 Å². The van der Waals surface area contributed by atoms with E-state index < -0.39 is 21.2 Å². The highest BCUT2D eigenvalue weighted by atomic mass is 32.2. The van der Waals surface area contributed by atoms with E-state index in [1.54, 1.807) is 33.2 Å². The summed E-state index contributed by atoms with van der Waals surface area (Å²) in [5.41, 5.74) is 5.99. The second kappa shape index (κ2) is 14.6. The Kier molecular flexibility index (Phi) is 10.2. The average Bonchev–Trinajstić information content (AvgIpc) is 3.64. The molecule has 2 fully saturated rings. The van der Waals surface area contributed by atoms with Crippen LogP contribution in [0.25, 0.3) is 16.5 Å². The first-order valence-corrected chi connectivity index (χ1v) is 20.8. The molecule has 2 aliphatic carbocycles. The number of amides is 2. The fourth-order valence-electron chi connectivity index (χ4n) is 8.96. The van der Waals surface area contributed by atoms with E-state index in [4.69, 9.17) is 4.74 Å². The lowest BCUT2D eigenvalue weighted by molar-refractivity contribution is 0.0414. The van der Waals surface area contributed by atoms with Crippen molar-refractivity contribution < 1.29 is 22.7 Å². The summed E-state index contributed by atoms with van der Waals surface area (Å²) in [6.45, 7) is 9.42. The number of likely N-dealkylation sites (N-methyl/N-ethyl adjacent to an activating group) is 1. The number of nitrogens with zero attached hydrogens (tertiary/aromatic N) is 5. The van der Waals surface area contributed by atoms with Gasteiger partial charge in [0.1, 0.15) is 5.76 Å². The van der Waals surface area contributed by atoms with Crippen LogP contribution in [0, 0.1) is 5.92 Å². The number of carbonyl (C=O) groups excluding carboxylic acids is 2. The van der Waals surface area contributed by atoms with Gasteiger partial charge in [0.2, 0.25) is 10.0 Å². The number of carbonyl (C=O) groups is 2. The third-order valence-electron chi connectivity index (χ3n) is 12.4. The zero-order chi connectivity index (χ0) is 37.8. The molecule has 5 unspecified atom stereocenters. The van der Waals surface area contributed by atoms with Crippen molar-refractivity contribution >= 4 is 38.3 Å². The Labute approximate surface area is 313 Å². The van der Waals surface area contributed by atoms with Crippen LogP contribution in [-0.2, 0) is 28.4 Å². The van der Waals surface area contributed by atoms with Gasteiger partial charge in [-0.1, -0.05) is 44.4 Å². The minimum absolute atomic E-state index is 0.0227. The summed E-state index contributed by atoms with van der Waals surface area (Å²) in [7, 11) is 1.85. The summed E-state index contributed by atoms with van der Waals surface area (Å²) in [4.78, 5) is 32.3. The molecule has 0 bridgehead atoms. The Hall–Kier alpha value is -4.16. The molecule has 4 heterocycles. The van der Waals surface area contributed by atoms with E-state index in [1.807, 2.05) is 34.8 Å². The van der Waals surface area contributed by atoms with Crippen molar-refractivity contribution in [3.05, 3.63) is 82.5 Å². The van der Waals surface area contributed by atoms with Crippen molar-refractivity contribution in [2.24, 2.45) is 13.0 Å². The highest BCUT2D eigenvalue weighted by Crippen LogP contribution is 2.48. The van der Waals surface area contributed by atoms with E-state index in [0.717, 1.165) is 53.6 Å². The standard InChI is InChI=1S/C41H54N6O5S/c1-8-27(4)53(50,51)43-40(48)29-14-16-34-36(20-29)47-24-31(38-35(21-42-45(38)6)41(49)46-22-25(2)44(5)26(3)23-46)18-30-19-32(52-7)15-17-33(30)39(47)37(34)28-12-10-9-11-13-28/h14-21,25-28,30,33H,8-13,22-24H2,1-7H3,(H,43,48). The summed E-state index contributed by atoms with van der Waals surface area (Å²) >= 11 is 0. The van der Waals surface area contributed by atoms with E-state index in [0.29, 0.717) is 43.1 Å². The molecule has 1 saturated carbocycles. The molecule has 12 heteroatoms. The van der Waals surface area contributed by atoms with Crippen LogP contribution in [0.1, 0.15) is 116 Å². The van der Waals surface area contributed by atoms with Crippen LogP contribution in [0.15, 0.2) is 54.5 Å². The van der Waals surface area contributed by atoms with Gasteiger partial charge in [0.15, 0.2) is 0 Å². The van der Waals surface area contributed by atoms with Gasteiger partial charge in [-0.3, -0.25) is 19.2 Å². The number of aryl methyl sites for hydroxylation is 1. The first-order chi connectivity index (χ1) is 25.3. The van der Waals surface area contributed by atoms with Gasteiger partial charge in [-0.05, 0) is 88.4 Å². The fraction of sp³-hybridized carbons (Fsp3) is 0.537. The number of nitrogens with one attached hydrogen (secondary N) is 1. The van der Waals surface area contributed by atoms with Gasteiger partial charge >= 0.3 is 0 Å². The molecular formula is C41H54N6O5S. The van der Waals surface area contributed by atoms with Crippen molar-refractivity contribution in [1.82, 2.24) is 28.9 Å². The maximum atomic E-state index is 14.4. The summed E-state index contributed by atoms with van der Waals surface area (Å²) in [5.74, 6) is 0.387. The van der Waals surface area contributed by atoms with Crippen LogP contribution in [0.3, 0.4) is 0 Å². The van der Waals surface area contributed by atoms with E-state index in [-0.39, 0.29) is 29.8 Å². The van der Waals surface area contributed by atoms with Gasteiger partial charge < -0.3 is 14.2 Å². The Balaban J connectivity index is 1.40. The molecule has 1 N–H and O–H groups in total. The second-order valence-corrected chi connectivity index (χ2v) is 17.8. The molecule has 3 aromatic rings. The summed E-state index contributed by atoms with van der Waals surface area (Å²) < 4.78 is 38.1. The van der Waals surface area contributed by atoms with E-state index in [1.165, 1.54) is 17.7 Å². The molecule has 0 spiro atoms. The number of rotatable bonds is 8. The van der Waals surface area contributed by atoms with Crippen LogP contribution in [-0.4, -0.2) is 89.0 Å². The van der Waals surface area contributed by atoms with Crippen molar-refractivity contribution in [1.29, 1.82) is 0 Å². The summed E-state index contributed by atoms with van der Waals surface area (Å²) in [5, 5.41) is 5.05. The minimum atomic E-state index is -3.84. The van der Waals surface area contributed by atoms with E-state index in [2.05, 4.69) is 58.4 Å². The number of ether oxygens (including phenoxy) is 1. The molecule has 2 amide bonds. The molecule has 2 aromatic heterocycles. The predicted molar refractivity (Wildman–Crippen MR) is 208 cm³/mol.